The molecule has 104 valence electrons. The molecule has 1 aromatic carbocycles. The van der Waals surface area contributed by atoms with Gasteiger partial charge in [-0.2, -0.15) is 0 Å². The van der Waals surface area contributed by atoms with E-state index >= 15 is 0 Å². The van der Waals surface area contributed by atoms with Crippen molar-refractivity contribution in [3.8, 4) is 0 Å². The van der Waals surface area contributed by atoms with Crippen molar-refractivity contribution < 1.29 is 9.21 Å². The van der Waals surface area contributed by atoms with Crippen molar-refractivity contribution in [3.05, 3.63) is 53.2 Å². The summed E-state index contributed by atoms with van der Waals surface area (Å²) in [5.74, 6) is 1.07. The quantitative estimate of drug-likeness (QED) is 0.660. The van der Waals surface area contributed by atoms with E-state index in [9.17, 15) is 4.79 Å². The highest BCUT2D eigenvalue weighted by molar-refractivity contribution is 5.91. The molecule has 3 N–H and O–H groups in total. The molecule has 5 heteroatoms. The van der Waals surface area contributed by atoms with Crippen LogP contribution >= 0.6 is 0 Å². The van der Waals surface area contributed by atoms with E-state index in [2.05, 4.69) is 10.3 Å². The number of carbonyl (C=O) groups is 1. The molecule has 0 spiro atoms. The first-order valence-corrected chi connectivity index (χ1v) is 6.29. The van der Waals surface area contributed by atoms with E-state index in [1.807, 2.05) is 26.0 Å². The fourth-order valence-electron chi connectivity index (χ4n) is 1.67. The fourth-order valence-corrected chi connectivity index (χ4v) is 1.67. The molecule has 0 aliphatic heterocycles. The van der Waals surface area contributed by atoms with E-state index < -0.39 is 0 Å². The van der Waals surface area contributed by atoms with Crippen LogP contribution in [-0.4, -0.2) is 10.9 Å². The number of aryl methyl sites for hydroxylation is 2. The van der Waals surface area contributed by atoms with Gasteiger partial charge >= 0.3 is 0 Å². The Hall–Kier alpha value is -2.56. The number of nitrogens with one attached hydrogen (secondary N) is 1. The summed E-state index contributed by atoms with van der Waals surface area (Å²) in [5.41, 5.74) is 8.04. The van der Waals surface area contributed by atoms with E-state index in [4.69, 9.17) is 10.2 Å². The Morgan fingerprint density at radius 2 is 2.25 bits per heavy atom. The minimum atomic E-state index is -0.207. The van der Waals surface area contributed by atoms with E-state index in [-0.39, 0.29) is 12.5 Å². The van der Waals surface area contributed by atoms with Crippen molar-refractivity contribution in [2.75, 3.05) is 5.73 Å². The van der Waals surface area contributed by atoms with Crippen molar-refractivity contribution in [3.63, 3.8) is 0 Å². The number of oxazole rings is 1. The van der Waals surface area contributed by atoms with Crippen LogP contribution in [0.4, 0.5) is 5.69 Å². The molecular weight excluding hydrogens is 254 g/mol. The summed E-state index contributed by atoms with van der Waals surface area (Å²) in [6.07, 6.45) is 3.16. The van der Waals surface area contributed by atoms with Crippen LogP contribution in [0.3, 0.4) is 0 Å². The van der Waals surface area contributed by atoms with E-state index in [0.29, 0.717) is 11.6 Å². The van der Waals surface area contributed by atoms with E-state index in [1.54, 1.807) is 18.2 Å². The van der Waals surface area contributed by atoms with Gasteiger partial charge in [0.1, 0.15) is 5.76 Å². The van der Waals surface area contributed by atoms with Crippen LogP contribution in [0, 0.1) is 13.8 Å². The third-order valence-electron chi connectivity index (χ3n) is 2.82. The standard InChI is InChI=1S/C15H17N3O2/c1-10-11(2)20-15(18-10)9-17-14(19)7-6-12-4-3-5-13(16)8-12/h3-8H,9,16H2,1-2H3,(H,17,19)/b7-6+. The Balaban J connectivity index is 1.89. The maximum atomic E-state index is 11.7. The highest BCUT2D eigenvalue weighted by Crippen LogP contribution is 2.09. The Morgan fingerprint density at radius 3 is 2.90 bits per heavy atom. The predicted octanol–water partition coefficient (Wildman–Crippen LogP) is 2.20. The molecule has 0 atom stereocenters. The first kappa shape index (κ1) is 13.9. The summed E-state index contributed by atoms with van der Waals surface area (Å²) in [4.78, 5) is 15.9. The number of rotatable bonds is 4. The van der Waals surface area contributed by atoms with Crippen molar-refractivity contribution in [2.45, 2.75) is 20.4 Å². The van der Waals surface area contributed by atoms with Crippen LogP contribution < -0.4 is 11.1 Å². The second-order valence-electron chi connectivity index (χ2n) is 4.47. The number of nitrogens with zero attached hydrogens (tertiary/aromatic N) is 1. The Morgan fingerprint density at radius 1 is 1.45 bits per heavy atom. The number of nitrogens with two attached hydrogens (primary N) is 1. The molecule has 0 saturated carbocycles. The monoisotopic (exact) mass is 271 g/mol. The molecule has 1 amide bonds. The van der Waals surface area contributed by atoms with Gasteiger partial charge in [0.25, 0.3) is 0 Å². The molecule has 1 aromatic heterocycles. The molecule has 0 radical (unpaired) electrons. The fraction of sp³-hybridized carbons (Fsp3) is 0.200. The summed E-state index contributed by atoms with van der Waals surface area (Å²) in [7, 11) is 0. The van der Waals surface area contributed by atoms with Gasteiger partial charge in [-0.1, -0.05) is 12.1 Å². The van der Waals surface area contributed by atoms with Gasteiger partial charge in [-0.3, -0.25) is 4.79 Å². The van der Waals surface area contributed by atoms with Gasteiger partial charge in [0.15, 0.2) is 0 Å². The van der Waals surface area contributed by atoms with Gasteiger partial charge in [-0.25, -0.2) is 4.98 Å². The smallest absolute Gasteiger partial charge is 0.244 e. The molecule has 0 saturated heterocycles. The molecule has 0 unspecified atom stereocenters. The zero-order valence-corrected chi connectivity index (χ0v) is 11.5. The lowest BCUT2D eigenvalue weighted by molar-refractivity contribution is -0.116. The lowest BCUT2D eigenvalue weighted by Gasteiger charge is -1.98. The average Bonchev–Trinajstić information content (AvgIpc) is 2.73. The van der Waals surface area contributed by atoms with Crippen LogP contribution in [0.5, 0.6) is 0 Å². The highest BCUT2D eigenvalue weighted by atomic mass is 16.4. The van der Waals surface area contributed by atoms with Gasteiger partial charge in [0.2, 0.25) is 11.8 Å². The number of carbonyl (C=O) groups excluding carboxylic acids is 1. The third kappa shape index (κ3) is 3.71. The SMILES string of the molecule is Cc1nc(CNC(=O)/C=C/c2cccc(N)c2)oc1C. The summed E-state index contributed by atoms with van der Waals surface area (Å²) >= 11 is 0. The number of aromatic nitrogens is 1. The van der Waals surface area contributed by atoms with E-state index in [1.165, 1.54) is 6.08 Å². The largest absolute Gasteiger partial charge is 0.444 e. The highest BCUT2D eigenvalue weighted by Gasteiger charge is 2.05. The second-order valence-corrected chi connectivity index (χ2v) is 4.47. The zero-order chi connectivity index (χ0) is 14.5. The summed E-state index contributed by atoms with van der Waals surface area (Å²) < 4.78 is 5.38. The van der Waals surface area contributed by atoms with Crippen LogP contribution in [0.15, 0.2) is 34.8 Å². The summed E-state index contributed by atoms with van der Waals surface area (Å²) in [5, 5.41) is 2.71. The molecule has 1 heterocycles. The van der Waals surface area contributed by atoms with Crippen LogP contribution in [0.1, 0.15) is 22.9 Å². The number of hydrogen-bond acceptors (Lipinski definition) is 4. The second kappa shape index (κ2) is 6.06. The number of hydrogen-bond donors (Lipinski definition) is 2. The minimum Gasteiger partial charge on any atom is -0.444 e. The van der Waals surface area contributed by atoms with Crippen LogP contribution in [0.2, 0.25) is 0 Å². The molecule has 20 heavy (non-hydrogen) atoms. The third-order valence-corrected chi connectivity index (χ3v) is 2.82. The Kier molecular flexibility index (Phi) is 4.20. The maximum Gasteiger partial charge on any atom is 0.244 e. The van der Waals surface area contributed by atoms with Crippen LogP contribution in [0.25, 0.3) is 6.08 Å². The van der Waals surface area contributed by atoms with Crippen molar-refractivity contribution in [1.29, 1.82) is 0 Å². The van der Waals surface area contributed by atoms with Gasteiger partial charge in [-0.15, -0.1) is 0 Å². The Labute approximate surface area is 117 Å². The molecule has 0 bridgehead atoms. The van der Waals surface area contributed by atoms with Gasteiger partial charge < -0.3 is 15.5 Å². The lowest BCUT2D eigenvalue weighted by Crippen LogP contribution is -2.20. The maximum absolute atomic E-state index is 11.7. The lowest BCUT2D eigenvalue weighted by atomic mass is 10.2. The first-order valence-electron chi connectivity index (χ1n) is 6.29. The molecule has 5 nitrogen and oxygen atoms in total. The van der Waals surface area contributed by atoms with Crippen LogP contribution in [-0.2, 0) is 11.3 Å². The minimum absolute atomic E-state index is 0.207. The number of benzene rings is 1. The van der Waals surface area contributed by atoms with Crippen molar-refractivity contribution >= 4 is 17.7 Å². The van der Waals surface area contributed by atoms with Gasteiger partial charge in [0, 0.05) is 11.8 Å². The first-order chi connectivity index (χ1) is 9.54. The van der Waals surface area contributed by atoms with E-state index in [0.717, 1.165) is 17.0 Å². The van der Waals surface area contributed by atoms with Crippen molar-refractivity contribution in [1.82, 2.24) is 10.3 Å². The van der Waals surface area contributed by atoms with Gasteiger partial charge in [-0.05, 0) is 37.6 Å². The topological polar surface area (TPSA) is 81.2 Å². The number of amides is 1. The van der Waals surface area contributed by atoms with Gasteiger partial charge in [0.05, 0.1) is 12.2 Å². The molecule has 0 aliphatic rings. The normalized spacial score (nSPS) is 10.9. The average molecular weight is 271 g/mol. The molecule has 2 rings (SSSR count). The zero-order valence-electron chi connectivity index (χ0n) is 11.5. The summed E-state index contributed by atoms with van der Waals surface area (Å²) in [6.45, 7) is 3.98. The predicted molar refractivity (Wildman–Crippen MR) is 77.7 cm³/mol. The molecular formula is C15H17N3O2. The number of anilines is 1. The molecule has 0 fully saturated rings. The van der Waals surface area contributed by atoms with Crippen molar-refractivity contribution in [2.24, 2.45) is 0 Å². The Bertz CT molecular complexity index is 625. The molecule has 2 aromatic rings. The number of nitrogen functional groups attached to an aromatic ring is 1. The molecule has 0 aliphatic carbocycles. The summed E-state index contributed by atoms with van der Waals surface area (Å²) in [6, 6.07) is 7.31.